The molecular formula is C21H19FN4O2. The van der Waals surface area contributed by atoms with Crippen molar-refractivity contribution in [3.05, 3.63) is 59.9 Å². The fourth-order valence-corrected chi connectivity index (χ4v) is 3.04. The Balaban J connectivity index is 2.02. The number of carbonyl (C=O) groups is 1. The molecule has 0 aliphatic carbocycles. The van der Waals surface area contributed by atoms with Crippen LogP contribution in [0.25, 0.3) is 27.9 Å². The maximum Gasteiger partial charge on any atom is 0.344 e. The van der Waals surface area contributed by atoms with Gasteiger partial charge in [-0.3, -0.25) is 4.57 Å². The van der Waals surface area contributed by atoms with Gasteiger partial charge in [0.1, 0.15) is 22.7 Å². The number of nitrogens with zero attached hydrogens (tertiary/aromatic N) is 3. The van der Waals surface area contributed by atoms with E-state index in [1.165, 1.54) is 12.1 Å². The predicted octanol–water partition coefficient (Wildman–Crippen LogP) is 4.25. The van der Waals surface area contributed by atoms with Crippen LogP contribution in [0.2, 0.25) is 0 Å². The largest absolute Gasteiger partial charge is 0.459 e. The van der Waals surface area contributed by atoms with Crippen molar-refractivity contribution in [1.82, 2.24) is 14.5 Å². The summed E-state index contributed by atoms with van der Waals surface area (Å²) in [6.07, 6.45) is 0.418. The van der Waals surface area contributed by atoms with Gasteiger partial charge in [-0.05, 0) is 49.7 Å². The lowest BCUT2D eigenvalue weighted by atomic mass is 10.2. The van der Waals surface area contributed by atoms with Crippen LogP contribution < -0.4 is 5.73 Å². The van der Waals surface area contributed by atoms with Crippen molar-refractivity contribution in [3.63, 3.8) is 0 Å². The highest BCUT2D eigenvalue weighted by molar-refractivity contribution is 6.09. The molecule has 0 saturated heterocycles. The summed E-state index contributed by atoms with van der Waals surface area (Å²) in [6.45, 7) is 3.74. The summed E-state index contributed by atoms with van der Waals surface area (Å²) in [5.41, 5.74) is 9.18. The number of carbonyl (C=O) groups excluding carboxylic acids is 1. The highest BCUT2D eigenvalue weighted by Crippen LogP contribution is 2.31. The number of nitrogens with two attached hydrogens (primary N) is 1. The van der Waals surface area contributed by atoms with E-state index >= 15 is 0 Å². The quantitative estimate of drug-likeness (QED) is 0.537. The molecule has 0 aliphatic heterocycles. The highest BCUT2D eigenvalue weighted by Gasteiger charge is 2.26. The fraction of sp³-hybridized carbons (Fsp3) is 0.190. The van der Waals surface area contributed by atoms with E-state index in [1.54, 1.807) is 16.7 Å². The lowest BCUT2D eigenvalue weighted by Gasteiger charge is -2.11. The molecule has 28 heavy (non-hydrogen) atoms. The number of esters is 1. The topological polar surface area (TPSA) is 83.0 Å². The third-order valence-corrected chi connectivity index (χ3v) is 4.67. The Kier molecular flexibility index (Phi) is 4.43. The Morgan fingerprint density at radius 1 is 1.14 bits per heavy atom. The molecule has 4 aromatic rings. The van der Waals surface area contributed by atoms with E-state index < -0.39 is 5.97 Å². The molecule has 6 nitrogen and oxygen atoms in total. The Labute approximate surface area is 160 Å². The van der Waals surface area contributed by atoms with E-state index in [0.29, 0.717) is 34.3 Å². The van der Waals surface area contributed by atoms with Crippen molar-refractivity contribution in [1.29, 1.82) is 0 Å². The van der Waals surface area contributed by atoms with Crippen molar-refractivity contribution in [2.45, 2.75) is 26.4 Å². The van der Waals surface area contributed by atoms with E-state index in [-0.39, 0.29) is 23.3 Å². The van der Waals surface area contributed by atoms with Crippen LogP contribution in [0.5, 0.6) is 0 Å². The van der Waals surface area contributed by atoms with Crippen LogP contribution in [0.1, 0.15) is 30.6 Å². The molecule has 2 aromatic heterocycles. The minimum Gasteiger partial charge on any atom is -0.459 e. The summed E-state index contributed by atoms with van der Waals surface area (Å²) in [5, 5.41) is 0. The normalized spacial score (nSPS) is 12.4. The van der Waals surface area contributed by atoms with Gasteiger partial charge in [0.2, 0.25) is 0 Å². The van der Waals surface area contributed by atoms with Crippen LogP contribution >= 0.6 is 0 Å². The number of rotatable bonds is 4. The molecule has 0 bridgehead atoms. The van der Waals surface area contributed by atoms with Gasteiger partial charge < -0.3 is 10.5 Å². The number of hydrogen-bond acceptors (Lipinski definition) is 5. The van der Waals surface area contributed by atoms with Gasteiger partial charge >= 0.3 is 5.97 Å². The van der Waals surface area contributed by atoms with Gasteiger partial charge in [-0.25, -0.2) is 19.2 Å². The van der Waals surface area contributed by atoms with Gasteiger partial charge in [0.25, 0.3) is 0 Å². The number of anilines is 1. The second-order valence-corrected chi connectivity index (χ2v) is 6.58. The Hall–Kier alpha value is -3.48. The summed E-state index contributed by atoms with van der Waals surface area (Å²) in [5.74, 6) is -0.765. The molecule has 142 valence electrons. The fourth-order valence-electron chi connectivity index (χ4n) is 3.04. The van der Waals surface area contributed by atoms with Crippen molar-refractivity contribution in [2.75, 3.05) is 5.73 Å². The molecule has 4 rings (SSSR count). The minimum absolute atomic E-state index is 0.158. The zero-order valence-corrected chi connectivity index (χ0v) is 15.5. The summed E-state index contributed by atoms with van der Waals surface area (Å²) < 4.78 is 20.5. The number of fused-ring (bicyclic) bond motifs is 2. The van der Waals surface area contributed by atoms with Gasteiger partial charge in [-0.1, -0.05) is 19.1 Å². The van der Waals surface area contributed by atoms with Crippen LogP contribution in [-0.4, -0.2) is 26.6 Å². The molecule has 7 heteroatoms. The predicted molar refractivity (Wildman–Crippen MR) is 106 cm³/mol. The van der Waals surface area contributed by atoms with Gasteiger partial charge in [0.05, 0.1) is 17.1 Å². The molecule has 2 aromatic carbocycles. The van der Waals surface area contributed by atoms with Crippen LogP contribution in [0, 0.1) is 5.82 Å². The summed E-state index contributed by atoms with van der Waals surface area (Å²) in [6, 6.07) is 13.2. The SMILES string of the molecule is CCC(C)OC(=O)c1c(N)n(-c2ccc(F)cc2)c2nc3ccccc3nc12. The van der Waals surface area contributed by atoms with Gasteiger partial charge in [-0.2, -0.15) is 0 Å². The van der Waals surface area contributed by atoms with Crippen molar-refractivity contribution in [2.24, 2.45) is 0 Å². The third kappa shape index (κ3) is 2.94. The van der Waals surface area contributed by atoms with E-state index in [9.17, 15) is 9.18 Å². The van der Waals surface area contributed by atoms with Crippen molar-refractivity contribution in [3.8, 4) is 5.69 Å². The summed E-state index contributed by atoms with van der Waals surface area (Å²) in [4.78, 5) is 22.1. The van der Waals surface area contributed by atoms with Gasteiger partial charge in [0.15, 0.2) is 5.65 Å². The highest BCUT2D eigenvalue weighted by atomic mass is 19.1. The number of benzene rings is 2. The Bertz CT molecular complexity index is 1180. The first kappa shape index (κ1) is 17.9. The lowest BCUT2D eigenvalue weighted by molar-refractivity contribution is 0.0338. The molecule has 0 spiro atoms. The van der Waals surface area contributed by atoms with Crippen molar-refractivity contribution >= 4 is 34.0 Å². The van der Waals surface area contributed by atoms with Crippen LogP contribution in [0.4, 0.5) is 10.2 Å². The number of hydrogen-bond donors (Lipinski definition) is 1. The standard InChI is InChI=1S/C21H19FN4O2/c1-3-12(2)28-21(27)17-18-20(25-16-7-5-4-6-15(16)24-18)26(19(17)23)14-10-8-13(22)9-11-14/h4-12H,3,23H2,1-2H3. The summed E-state index contributed by atoms with van der Waals surface area (Å²) in [7, 11) is 0. The molecule has 0 saturated carbocycles. The zero-order valence-electron chi connectivity index (χ0n) is 15.5. The maximum absolute atomic E-state index is 13.4. The molecular weight excluding hydrogens is 359 g/mol. The number of nitrogen functional groups attached to an aromatic ring is 1. The van der Waals surface area contributed by atoms with Crippen LogP contribution in [-0.2, 0) is 4.74 Å². The molecule has 1 atom stereocenters. The van der Waals surface area contributed by atoms with Crippen LogP contribution in [0.3, 0.4) is 0 Å². The summed E-state index contributed by atoms with van der Waals surface area (Å²) >= 11 is 0. The third-order valence-electron chi connectivity index (χ3n) is 4.67. The molecule has 0 radical (unpaired) electrons. The second-order valence-electron chi connectivity index (χ2n) is 6.58. The zero-order chi connectivity index (χ0) is 19.8. The van der Waals surface area contributed by atoms with Gasteiger partial charge in [-0.15, -0.1) is 0 Å². The van der Waals surface area contributed by atoms with Crippen LogP contribution in [0.15, 0.2) is 48.5 Å². The Morgan fingerprint density at radius 3 is 2.43 bits per heavy atom. The smallest absolute Gasteiger partial charge is 0.344 e. The molecule has 2 heterocycles. The van der Waals surface area contributed by atoms with E-state index in [4.69, 9.17) is 10.5 Å². The number of halogens is 1. The van der Waals surface area contributed by atoms with E-state index in [2.05, 4.69) is 9.97 Å². The van der Waals surface area contributed by atoms with Gasteiger partial charge in [0, 0.05) is 5.69 Å². The first-order valence-electron chi connectivity index (χ1n) is 9.03. The molecule has 2 N–H and O–H groups in total. The first-order chi connectivity index (χ1) is 13.5. The number of aromatic nitrogens is 3. The molecule has 1 unspecified atom stereocenters. The van der Waals surface area contributed by atoms with Crippen molar-refractivity contribution < 1.29 is 13.9 Å². The number of ether oxygens (including phenoxy) is 1. The minimum atomic E-state index is -0.553. The van der Waals surface area contributed by atoms with E-state index in [0.717, 1.165) is 0 Å². The molecule has 0 fully saturated rings. The maximum atomic E-state index is 13.4. The Morgan fingerprint density at radius 2 is 1.79 bits per heavy atom. The number of para-hydroxylation sites is 2. The average Bonchev–Trinajstić information content (AvgIpc) is 2.97. The lowest BCUT2D eigenvalue weighted by Crippen LogP contribution is -2.15. The molecule has 0 amide bonds. The van der Waals surface area contributed by atoms with E-state index in [1.807, 2.05) is 38.1 Å². The second kappa shape index (κ2) is 6.92. The monoisotopic (exact) mass is 378 g/mol. The average molecular weight is 378 g/mol. The molecule has 0 aliphatic rings. The first-order valence-corrected chi connectivity index (χ1v) is 9.03.